The van der Waals surface area contributed by atoms with Crippen molar-refractivity contribution >= 4 is 33.3 Å². The second-order valence-corrected chi connectivity index (χ2v) is 9.00. The summed E-state index contributed by atoms with van der Waals surface area (Å²) >= 11 is 0. The van der Waals surface area contributed by atoms with Crippen LogP contribution in [-0.4, -0.2) is 16.1 Å². The van der Waals surface area contributed by atoms with Crippen molar-refractivity contribution in [2.75, 3.05) is 0 Å². The van der Waals surface area contributed by atoms with Crippen molar-refractivity contribution in [3.63, 3.8) is 0 Å². The third-order valence-electron chi connectivity index (χ3n) is 6.69. The van der Waals surface area contributed by atoms with Gasteiger partial charge in [0.15, 0.2) is 5.78 Å². The molecule has 0 bridgehead atoms. The highest BCUT2D eigenvalue weighted by atomic mass is 16.1. The minimum Gasteiger partial charge on any atom is -0.341 e. The first kappa shape index (κ1) is 23.3. The van der Waals surface area contributed by atoms with E-state index in [-0.39, 0.29) is 5.78 Å². The van der Waals surface area contributed by atoms with Crippen LogP contribution in [0.15, 0.2) is 91.0 Å². The fraction of sp³-hybridized carbons (Fsp3) is 0.152. The van der Waals surface area contributed by atoms with Gasteiger partial charge in [-0.3, -0.25) is 4.79 Å². The molecule has 0 saturated carbocycles. The number of fused-ring (bicyclic) bond motifs is 3. The van der Waals surface area contributed by atoms with Crippen LogP contribution in [0.5, 0.6) is 0 Å². The first-order valence-corrected chi connectivity index (χ1v) is 12.3. The Morgan fingerprint density at radius 2 is 1.47 bits per heavy atom. The topological polar surface area (TPSA) is 45.9 Å². The average molecular weight is 469 g/mol. The van der Waals surface area contributed by atoms with Crippen LogP contribution in [0.3, 0.4) is 0 Å². The van der Waals surface area contributed by atoms with Crippen LogP contribution in [0.4, 0.5) is 0 Å². The van der Waals surface area contributed by atoms with Crippen molar-refractivity contribution in [3.8, 4) is 11.8 Å². The van der Waals surface area contributed by atoms with Gasteiger partial charge in [0, 0.05) is 63.6 Å². The minimum absolute atomic E-state index is 0.0355. The number of ketones is 1. The molecule has 176 valence electrons. The molecule has 0 aliphatic rings. The summed E-state index contributed by atoms with van der Waals surface area (Å²) in [4.78, 5) is 13.3. The van der Waals surface area contributed by atoms with Gasteiger partial charge >= 0.3 is 0 Å². The first-order chi connectivity index (χ1) is 17.6. The molecule has 0 aliphatic carbocycles. The lowest BCUT2D eigenvalue weighted by molar-refractivity contribution is 0.103. The summed E-state index contributed by atoms with van der Waals surface area (Å²) < 4.78 is 2.27. The van der Waals surface area contributed by atoms with Gasteiger partial charge in [-0.2, -0.15) is 0 Å². The average Bonchev–Trinajstić information content (AvgIpc) is 3.23. The second kappa shape index (κ2) is 10.1. The van der Waals surface area contributed by atoms with E-state index in [4.69, 9.17) is 5.41 Å². The Kier molecular flexibility index (Phi) is 6.52. The molecule has 4 aromatic carbocycles. The molecule has 0 unspecified atom stereocenters. The van der Waals surface area contributed by atoms with E-state index < -0.39 is 0 Å². The molecule has 0 spiro atoms. The van der Waals surface area contributed by atoms with Gasteiger partial charge in [-0.25, -0.2) is 0 Å². The van der Waals surface area contributed by atoms with Gasteiger partial charge in [-0.15, -0.1) is 0 Å². The normalized spacial score (nSPS) is 10.8. The Labute approximate surface area is 211 Å². The van der Waals surface area contributed by atoms with E-state index in [0.29, 0.717) is 24.1 Å². The summed E-state index contributed by atoms with van der Waals surface area (Å²) in [6, 6.07) is 29.9. The number of aromatic nitrogens is 1. The fourth-order valence-electron chi connectivity index (χ4n) is 4.77. The lowest BCUT2D eigenvalue weighted by Crippen LogP contribution is -2.03. The van der Waals surface area contributed by atoms with E-state index in [2.05, 4.69) is 41.5 Å². The second-order valence-electron chi connectivity index (χ2n) is 9.00. The number of carbonyl (C=O) groups excluding carboxylic acids is 1. The molecule has 3 nitrogen and oxygen atoms in total. The van der Waals surface area contributed by atoms with E-state index in [1.165, 1.54) is 0 Å². The monoisotopic (exact) mass is 468 g/mol. The molecule has 1 aromatic heterocycles. The van der Waals surface area contributed by atoms with Crippen molar-refractivity contribution in [1.29, 1.82) is 5.41 Å². The van der Waals surface area contributed by atoms with Gasteiger partial charge in [-0.05, 0) is 67.4 Å². The Morgan fingerprint density at radius 3 is 2.17 bits per heavy atom. The molecule has 5 aromatic rings. The Morgan fingerprint density at radius 1 is 0.833 bits per heavy atom. The van der Waals surface area contributed by atoms with Gasteiger partial charge in [0.25, 0.3) is 0 Å². The van der Waals surface area contributed by atoms with Crippen LogP contribution in [0.1, 0.15) is 52.4 Å². The number of hydrogen-bond donors (Lipinski definition) is 1. The zero-order valence-corrected chi connectivity index (χ0v) is 20.6. The van der Waals surface area contributed by atoms with Gasteiger partial charge in [0.1, 0.15) is 0 Å². The van der Waals surface area contributed by atoms with E-state index in [1.807, 2.05) is 79.7 Å². The summed E-state index contributed by atoms with van der Waals surface area (Å²) in [5, 5.41) is 10.8. The zero-order chi connectivity index (χ0) is 25.1. The molecule has 0 saturated heterocycles. The van der Waals surface area contributed by atoms with Crippen molar-refractivity contribution in [1.82, 2.24) is 4.57 Å². The molecule has 0 amide bonds. The maximum Gasteiger partial charge on any atom is 0.193 e. The lowest BCUT2D eigenvalue weighted by Gasteiger charge is -2.06. The number of carbonyl (C=O) groups is 1. The number of rotatable bonds is 6. The highest BCUT2D eigenvalue weighted by molar-refractivity contribution is 6.16. The molecule has 1 heterocycles. The van der Waals surface area contributed by atoms with Crippen molar-refractivity contribution in [2.24, 2.45) is 0 Å². The zero-order valence-electron chi connectivity index (χ0n) is 20.6. The maximum atomic E-state index is 13.3. The molecule has 0 radical (unpaired) electrons. The van der Waals surface area contributed by atoms with E-state index >= 15 is 0 Å². The SMILES string of the molecule is CCn1c2ccc(C(=N)CCC#Cc3ccccc3)cc2c2cc(C(=O)c3ccccc3C)ccc21. The molecular weight excluding hydrogens is 440 g/mol. The Hall–Kier alpha value is -4.42. The Bertz CT molecular complexity index is 1660. The third kappa shape index (κ3) is 4.46. The number of nitrogens with one attached hydrogen (secondary N) is 1. The van der Waals surface area contributed by atoms with Crippen LogP contribution in [0, 0.1) is 24.2 Å². The smallest absolute Gasteiger partial charge is 0.193 e. The molecule has 1 N–H and O–H groups in total. The van der Waals surface area contributed by atoms with E-state index in [9.17, 15) is 4.79 Å². The summed E-state index contributed by atoms with van der Waals surface area (Å²) in [6.45, 7) is 4.93. The molecule has 0 aliphatic heterocycles. The van der Waals surface area contributed by atoms with E-state index in [1.54, 1.807) is 0 Å². The van der Waals surface area contributed by atoms with Crippen LogP contribution in [-0.2, 0) is 6.54 Å². The van der Waals surface area contributed by atoms with Gasteiger partial charge < -0.3 is 9.98 Å². The maximum absolute atomic E-state index is 13.3. The van der Waals surface area contributed by atoms with Crippen molar-refractivity contribution in [3.05, 3.63) is 119 Å². The summed E-state index contributed by atoms with van der Waals surface area (Å²) in [7, 11) is 0. The minimum atomic E-state index is 0.0355. The highest BCUT2D eigenvalue weighted by Gasteiger charge is 2.16. The number of hydrogen-bond acceptors (Lipinski definition) is 2. The summed E-state index contributed by atoms with van der Waals surface area (Å²) in [6.07, 6.45) is 1.23. The van der Waals surface area contributed by atoms with Crippen LogP contribution >= 0.6 is 0 Å². The predicted molar refractivity (Wildman–Crippen MR) is 149 cm³/mol. The first-order valence-electron chi connectivity index (χ1n) is 12.3. The lowest BCUT2D eigenvalue weighted by atomic mass is 9.97. The summed E-state index contributed by atoms with van der Waals surface area (Å²) in [5.41, 5.74) is 7.08. The largest absolute Gasteiger partial charge is 0.341 e. The molecule has 0 atom stereocenters. The Balaban J connectivity index is 1.48. The van der Waals surface area contributed by atoms with Crippen LogP contribution in [0.25, 0.3) is 21.8 Å². The molecule has 36 heavy (non-hydrogen) atoms. The quantitative estimate of drug-likeness (QED) is 0.156. The van der Waals surface area contributed by atoms with Crippen molar-refractivity contribution in [2.45, 2.75) is 33.2 Å². The molecule has 0 fully saturated rings. The fourth-order valence-corrected chi connectivity index (χ4v) is 4.77. The van der Waals surface area contributed by atoms with Crippen LogP contribution < -0.4 is 0 Å². The highest BCUT2D eigenvalue weighted by Crippen LogP contribution is 2.32. The molecular formula is C33H28N2O. The van der Waals surface area contributed by atoms with Gasteiger partial charge in [0.2, 0.25) is 0 Å². The van der Waals surface area contributed by atoms with Gasteiger partial charge in [-0.1, -0.05) is 60.4 Å². The van der Waals surface area contributed by atoms with Crippen LogP contribution in [0.2, 0.25) is 0 Å². The molecule has 3 heteroatoms. The van der Waals surface area contributed by atoms with Gasteiger partial charge in [0.05, 0.1) is 0 Å². The number of nitrogens with zero attached hydrogens (tertiary/aromatic N) is 1. The third-order valence-corrected chi connectivity index (χ3v) is 6.69. The number of aryl methyl sites for hydroxylation is 2. The molecule has 5 rings (SSSR count). The van der Waals surface area contributed by atoms with E-state index in [0.717, 1.165) is 50.6 Å². The predicted octanol–water partition coefficient (Wildman–Crippen LogP) is 7.55. The standard InChI is InChI=1S/C33H28N2O/c1-3-35-31-19-17-25(30(34)16-10-8-14-24-12-5-4-6-13-24)21-28(31)29-22-26(18-20-32(29)35)33(36)27-15-9-7-11-23(27)2/h4-7,9,11-13,15,17-22,34H,3,10,16H2,1-2H3. The summed E-state index contributed by atoms with van der Waals surface area (Å²) in [5.74, 6) is 6.39. The van der Waals surface area contributed by atoms with Crippen molar-refractivity contribution < 1.29 is 4.79 Å². The number of benzene rings is 4.